The maximum atomic E-state index is 13.4. The van der Waals surface area contributed by atoms with Crippen LogP contribution in [0.15, 0.2) is 70.4 Å². The average Bonchev–Trinajstić information content (AvgIpc) is 2.94. The molecule has 0 atom stereocenters. The number of benzene rings is 3. The molecule has 43 heavy (non-hydrogen) atoms. The Morgan fingerprint density at radius 3 is 2.30 bits per heavy atom. The van der Waals surface area contributed by atoms with Crippen molar-refractivity contribution in [3.05, 3.63) is 103 Å². The lowest BCUT2D eigenvalue weighted by Gasteiger charge is -2.15. The topological polar surface area (TPSA) is 123 Å². The van der Waals surface area contributed by atoms with Crippen LogP contribution in [0, 0.1) is 11.3 Å². The highest BCUT2D eigenvalue weighted by atomic mass is 35.5. The van der Waals surface area contributed by atoms with Gasteiger partial charge in [-0.1, -0.05) is 48.7 Å². The molecule has 0 aliphatic rings. The number of nitrogens with one attached hydrogen (secondary N) is 2. The van der Waals surface area contributed by atoms with Crippen molar-refractivity contribution in [2.75, 3.05) is 6.54 Å². The molecule has 224 valence electrons. The number of nitriles is 1. The first-order valence-electron chi connectivity index (χ1n) is 12.9. The summed E-state index contributed by atoms with van der Waals surface area (Å²) in [4.78, 5) is 15.4. The molecule has 3 N–H and O–H groups in total. The molecule has 4 aromatic rings. The highest BCUT2D eigenvalue weighted by Crippen LogP contribution is 2.39. The molecule has 3 aromatic carbocycles. The van der Waals surface area contributed by atoms with E-state index < -0.39 is 32.9 Å². The summed E-state index contributed by atoms with van der Waals surface area (Å²) >= 11 is 12.5. The molecule has 0 fully saturated rings. The summed E-state index contributed by atoms with van der Waals surface area (Å²) in [5, 5.41) is 20.7. The molecule has 0 radical (unpaired) electrons. The lowest BCUT2D eigenvalue weighted by atomic mass is 9.96. The minimum Gasteiger partial charge on any atom is -0.507 e. The Hall–Kier alpha value is -3.82. The molecule has 0 unspecified atom stereocenters. The number of aromatic amines is 1. The molecule has 1 heterocycles. The van der Waals surface area contributed by atoms with Crippen LogP contribution in [0.5, 0.6) is 5.75 Å². The van der Waals surface area contributed by atoms with Gasteiger partial charge in [0, 0.05) is 33.3 Å². The maximum Gasteiger partial charge on any atom is 0.416 e. The second-order valence-electron chi connectivity index (χ2n) is 9.61. The van der Waals surface area contributed by atoms with Crippen molar-refractivity contribution in [3.63, 3.8) is 0 Å². The van der Waals surface area contributed by atoms with E-state index >= 15 is 0 Å². The fourth-order valence-corrected chi connectivity index (χ4v) is 6.01. The molecule has 13 heteroatoms. The van der Waals surface area contributed by atoms with Crippen LogP contribution in [0.4, 0.5) is 13.2 Å². The van der Waals surface area contributed by atoms with Crippen LogP contribution in [-0.2, 0) is 29.0 Å². The van der Waals surface area contributed by atoms with Crippen molar-refractivity contribution in [1.29, 1.82) is 5.26 Å². The monoisotopic (exact) mass is 649 g/mol. The van der Waals surface area contributed by atoms with Crippen LogP contribution in [0.3, 0.4) is 0 Å². The van der Waals surface area contributed by atoms with Gasteiger partial charge in [0.2, 0.25) is 10.0 Å². The average molecular weight is 651 g/mol. The number of rotatable bonds is 9. The molecular formula is C30H24Cl2F3N3O4S. The Morgan fingerprint density at radius 2 is 1.67 bits per heavy atom. The zero-order valence-electron chi connectivity index (χ0n) is 22.5. The normalized spacial score (nSPS) is 11.8. The van der Waals surface area contributed by atoms with Crippen molar-refractivity contribution in [2.45, 2.75) is 37.3 Å². The first-order valence-corrected chi connectivity index (χ1v) is 15.1. The number of aromatic nitrogens is 1. The molecule has 7 nitrogen and oxygen atoms in total. The number of phenolic OH excluding ortho intramolecular Hbond substituents is 1. The van der Waals surface area contributed by atoms with E-state index in [0.29, 0.717) is 0 Å². The molecule has 0 amide bonds. The van der Waals surface area contributed by atoms with Gasteiger partial charge in [-0.2, -0.15) is 18.4 Å². The Bertz CT molecular complexity index is 1890. The zero-order chi connectivity index (χ0) is 31.5. The fraction of sp³-hybridized carbons (Fsp3) is 0.200. The van der Waals surface area contributed by atoms with Gasteiger partial charge in [-0.05, 0) is 72.5 Å². The number of hydrogen-bond donors (Lipinski definition) is 3. The number of hydrogen-bond acceptors (Lipinski definition) is 5. The van der Waals surface area contributed by atoms with E-state index in [1.54, 1.807) is 18.2 Å². The summed E-state index contributed by atoms with van der Waals surface area (Å²) in [7, 11) is -3.85. The number of pyridine rings is 1. The van der Waals surface area contributed by atoms with Crippen LogP contribution < -0.4 is 10.3 Å². The minimum absolute atomic E-state index is 0.000629. The standard InChI is InChI=1S/C30H24Cl2F3N3O4S/c1-2-3-17-4-7-21(8-5-17)43(41,42)37-11-10-18-12-20(31)14-24(28(18)39)27-15-22(25(16-36)29(40)38-27)23-13-19(30(33,34)35)6-9-26(23)32/h4-9,12-15,37,39H,2-3,10-11H2,1H3,(H,38,40). The minimum atomic E-state index is -4.71. The summed E-state index contributed by atoms with van der Waals surface area (Å²) in [6.07, 6.45) is -2.97. The number of sulfonamides is 1. The Morgan fingerprint density at radius 1 is 0.977 bits per heavy atom. The van der Waals surface area contributed by atoms with Crippen LogP contribution in [-0.4, -0.2) is 25.1 Å². The molecule has 1 aromatic heterocycles. The van der Waals surface area contributed by atoms with Gasteiger partial charge < -0.3 is 10.1 Å². The summed E-state index contributed by atoms with van der Waals surface area (Å²) in [5.74, 6) is -0.353. The number of H-pyrrole nitrogens is 1. The molecule has 0 saturated carbocycles. The Balaban J connectivity index is 1.68. The summed E-state index contributed by atoms with van der Waals surface area (Å²) < 4.78 is 68.3. The highest BCUT2D eigenvalue weighted by molar-refractivity contribution is 7.89. The van der Waals surface area contributed by atoms with Gasteiger partial charge in [-0.25, -0.2) is 13.1 Å². The molecule has 0 bridgehead atoms. The number of halogens is 5. The van der Waals surface area contributed by atoms with Crippen LogP contribution >= 0.6 is 23.2 Å². The third kappa shape index (κ3) is 7.22. The summed E-state index contributed by atoms with van der Waals surface area (Å²) in [6, 6.07) is 14.7. The van der Waals surface area contributed by atoms with Gasteiger partial charge >= 0.3 is 6.18 Å². The fourth-order valence-electron chi connectivity index (χ4n) is 4.52. The zero-order valence-corrected chi connectivity index (χ0v) is 24.8. The molecule has 0 aliphatic carbocycles. The first-order chi connectivity index (χ1) is 20.2. The largest absolute Gasteiger partial charge is 0.507 e. The van der Waals surface area contributed by atoms with E-state index in [1.807, 2.05) is 6.92 Å². The van der Waals surface area contributed by atoms with E-state index in [9.17, 15) is 36.8 Å². The van der Waals surface area contributed by atoms with E-state index in [1.165, 1.54) is 30.3 Å². The molecule has 4 rings (SSSR count). The van der Waals surface area contributed by atoms with E-state index in [4.69, 9.17) is 23.2 Å². The number of nitrogens with zero attached hydrogens (tertiary/aromatic N) is 1. The number of aromatic hydroxyl groups is 1. The summed E-state index contributed by atoms with van der Waals surface area (Å²) in [6.45, 7) is 1.91. The van der Waals surface area contributed by atoms with E-state index in [0.717, 1.165) is 36.6 Å². The molecule has 0 aliphatic heterocycles. The lowest BCUT2D eigenvalue weighted by molar-refractivity contribution is -0.137. The Labute approximate surface area is 255 Å². The van der Waals surface area contributed by atoms with Crippen LogP contribution in [0.1, 0.15) is 35.6 Å². The first kappa shape index (κ1) is 32.1. The van der Waals surface area contributed by atoms with Crippen molar-refractivity contribution in [3.8, 4) is 34.2 Å². The van der Waals surface area contributed by atoms with Gasteiger partial charge in [0.25, 0.3) is 5.56 Å². The molecule has 0 spiro atoms. The highest BCUT2D eigenvalue weighted by Gasteiger charge is 2.31. The predicted octanol–water partition coefficient (Wildman–Crippen LogP) is 7.09. The van der Waals surface area contributed by atoms with Crippen molar-refractivity contribution < 1.29 is 26.7 Å². The van der Waals surface area contributed by atoms with Crippen molar-refractivity contribution in [2.24, 2.45) is 0 Å². The van der Waals surface area contributed by atoms with Gasteiger partial charge in [0.1, 0.15) is 17.4 Å². The van der Waals surface area contributed by atoms with E-state index in [-0.39, 0.29) is 61.6 Å². The number of phenols is 1. The summed E-state index contributed by atoms with van der Waals surface area (Å²) in [5.41, 5.74) is -1.65. The number of aryl methyl sites for hydroxylation is 1. The van der Waals surface area contributed by atoms with Gasteiger partial charge in [0.05, 0.1) is 16.2 Å². The van der Waals surface area contributed by atoms with Crippen molar-refractivity contribution >= 4 is 33.2 Å². The third-order valence-electron chi connectivity index (χ3n) is 6.63. The number of alkyl halides is 3. The van der Waals surface area contributed by atoms with Crippen molar-refractivity contribution in [1.82, 2.24) is 9.71 Å². The van der Waals surface area contributed by atoms with Gasteiger partial charge in [0.15, 0.2) is 0 Å². The lowest BCUT2D eigenvalue weighted by Crippen LogP contribution is -2.26. The van der Waals surface area contributed by atoms with Gasteiger partial charge in [-0.3, -0.25) is 4.79 Å². The Kier molecular flexibility index (Phi) is 9.57. The second-order valence-corrected chi connectivity index (χ2v) is 12.2. The van der Waals surface area contributed by atoms with Crippen LogP contribution in [0.2, 0.25) is 10.0 Å². The maximum absolute atomic E-state index is 13.4. The predicted molar refractivity (Wildman–Crippen MR) is 159 cm³/mol. The SMILES string of the molecule is CCCc1ccc(S(=O)(=O)NCCc2cc(Cl)cc(-c3cc(-c4cc(C(F)(F)F)ccc4Cl)c(C#N)c(=O)[nH]3)c2O)cc1. The van der Waals surface area contributed by atoms with Gasteiger partial charge in [-0.15, -0.1) is 0 Å². The molecule has 0 saturated heterocycles. The molecular weight excluding hydrogens is 626 g/mol. The third-order valence-corrected chi connectivity index (χ3v) is 8.66. The smallest absolute Gasteiger partial charge is 0.416 e. The van der Waals surface area contributed by atoms with Crippen LogP contribution in [0.25, 0.3) is 22.4 Å². The quantitative estimate of drug-likeness (QED) is 0.179. The van der Waals surface area contributed by atoms with E-state index in [2.05, 4.69) is 9.71 Å². The second kappa shape index (κ2) is 12.8.